The van der Waals surface area contributed by atoms with Crippen LogP contribution in [0.15, 0.2) is 218 Å². The number of benzene rings is 9. The highest BCUT2D eigenvalue weighted by molar-refractivity contribution is 6.13. The predicted octanol–water partition coefficient (Wildman–Crippen LogP) is 14.4. The number of aromatic nitrogens is 3. The molecule has 0 aliphatic rings. The highest BCUT2D eigenvalue weighted by atomic mass is 15.1. The molecule has 0 amide bonds. The van der Waals surface area contributed by atoms with Gasteiger partial charge in [-0.15, -0.1) is 0 Å². The number of anilines is 3. The minimum atomic E-state index is 1.09. The average molecular weight is 741 g/mol. The lowest BCUT2D eigenvalue weighted by Crippen LogP contribution is -2.10. The zero-order valence-electron chi connectivity index (χ0n) is 31.6. The summed E-state index contributed by atoms with van der Waals surface area (Å²) in [6.07, 6.45) is 0. The zero-order chi connectivity index (χ0) is 38.2. The molecule has 12 rings (SSSR count). The largest absolute Gasteiger partial charge is 0.310 e. The Morgan fingerprint density at radius 2 is 0.569 bits per heavy atom. The van der Waals surface area contributed by atoms with Crippen LogP contribution in [0.25, 0.3) is 82.5 Å². The summed E-state index contributed by atoms with van der Waals surface area (Å²) < 4.78 is 7.21. The summed E-state index contributed by atoms with van der Waals surface area (Å²) in [5, 5.41) is 7.48. The lowest BCUT2D eigenvalue weighted by atomic mass is 10.1. The first-order valence-electron chi connectivity index (χ1n) is 19.9. The van der Waals surface area contributed by atoms with Crippen LogP contribution in [0.4, 0.5) is 17.1 Å². The van der Waals surface area contributed by atoms with Gasteiger partial charge in [0.15, 0.2) is 0 Å². The Balaban J connectivity index is 1.05. The molecule has 272 valence electrons. The van der Waals surface area contributed by atoms with Crippen LogP contribution < -0.4 is 4.90 Å². The monoisotopic (exact) mass is 740 g/mol. The fourth-order valence-corrected chi connectivity index (χ4v) is 9.31. The van der Waals surface area contributed by atoms with E-state index in [0.29, 0.717) is 0 Å². The van der Waals surface area contributed by atoms with Crippen molar-refractivity contribution >= 4 is 82.5 Å². The van der Waals surface area contributed by atoms with Crippen LogP contribution in [0, 0.1) is 0 Å². The Labute approximate surface area is 335 Å². The summed E-state index contributed by atoms with van der Waals surface area (Å²) in [7, 11) is 0. The van der Waals surface area contributed by atoms with Gasteiger partial charge < -0.3 is 18.6 Å². The molecule has 9 aromatic carbocycles. The van der Waals surface area contributed by atoms with E-state index in [2.05, 4.69) is 237 Å². The Bertz CT molecular complexity index is 3390. The molecule has 0 spiro atoms. The molecule has 0 saturated heterocycles. The van der Waals surface area contributed by atoms with Crippen molar-refractivity contribution in [2.75, 3.05) is 4.90 Å². The summed E-state index contributed by atoms with van der Waals surface area (Å²) in [6.45, 7) is 0. The van der Waals surface area contributed by atoms with Crippen LogP contribution in [-0.2, 0) is 0 Å². The van der Waals surface area contributed by atoms with Gasteiger partial charge in [-0.05, 0) is 97.1 Å². The zero-order valence-corrected chi connectivity index (χ0v) is 31.6. The Kier molecular flexibility index (Phi) is 7.20. The lowest BCUT2D eigenvalue weighted by Gasteiger charge is -2.26. The second kappa shape index (κ2) is 12.9. The van der Waals surface area contributed by atoms with Crippen molar-refractivity contribution in [1.82, 2.24) is 13.7 Å². The first-order chi connectivity index (χ1) is 28.8. The average Bonchev–Trinajstić information content (AvgIpc) is 3.93. The second-order valence-corrected chi connectivity index (χ2v) is 15.0. The molecule has 0 unspecified atom stereocenters. The first kappa shape index (κ1) is 32.4. The standard InChI is InChI=1S/C54H36N4/c1-3-15-37(16-4-1)55(39-27-29-40(30-28-39)56-49-23-11-7-19-43(49)44-20-8-12-24-50(44)56)41-31-33-47-48-34-32-42(36-54(48)57(53(47)35-41)38-17-5-2-6-18-38)58-51-25-13-9-21-45(51)46-22-10-14-26-52(46)58/h1-36H. The third kappa shape index (κ3) is 4.88. The van der Waals surface area contributed by atoms with E-state index in [0.717, 1.165) is 39.6 Å². The molecular weight excluding hydrogens is 705 g/mol. The van der Waals surface area contributed by atoms with Crippen LogP contribution >= 0.6 is 0 Å². The molecular formula is C54H36N4. The molecule has 58 heavy (non-hydrogen) atoms. The van der Waals surface area contributed by atoms with Crippen molar-refractivity contribution in [1.29, 1.82) is 0 Å². The normalized spacial score (nSPS) is 11.8. The fourth-order valence-electron chi connectivity index (χ4n) is 9.31. The number of fused-ring (bicyclic) bond motifs is 9. The SMILES string of the molecule is c1ccc(N(c2ccc(-n3c4ccccc4c4ccccc43)cc2)c2ccc3c4ccc(-n5c6ccccc6c6ccccc65)cc4n(-c4ccccc4)c3c2)cc1. The van der Waals surface area contributed by atoms with E-state index in [-0.39, 0.29) is 0 Å². The van der Waals surface area contributed by atoms with E-state index in [4.69, 9.17) is 0 Å². The maximum absolute atomic E-state index is 2.43. The predicted molar refractivity (Wildman–Crippen MR) is 244 cm³/mol. The maximum Gasteiger partial charge on any atom is 0.0561 e. The highest BCUT2D eigenvalue weighted by Gasteiger charge is 2.20. The molecule has 0 radical (unpaired) electrons. The van der Waals surface area contributed by atoms with E-state index >= 15 is 0 Å². The van der Waals surface area contributed by atoms with Crippen molar-refractivity contribution in [2.24, 2.45) is 0 Å². The molecule has 0 N–H and O–H groups in total. The van der Waals surface area contributed by atoms with E-state index in [1.54, 1.807) is 0 Å². The van der Waals surface area contributed by atoms with Gasteiger partial charge in [0.05, 0.1) is 33.1 Å². The molecule has 0 bridgehead atoms. The number of nitrogens with zero attached hydrogens (tertiary/aromatic N) is 4. The molecule has 4 heteroatoms. The van der Waals surface area contributed by atoms with Gasteiger partial charge in [-0.1, -0.05) is 121 Å². The third-order valence-electron chi connectivity index (χ3n) is 11.8. The summed E-state index contributed by atoms with van der Waals surface area (Å²) in [6, 6.07) is 79.1. The van der Waals surface area contributed by atoms with Gasteiger partial charge >= 0.3 is 0 Å². The number of rotatable bonds is 6. The number of para-hydroxylation sites is 6. The first-order valence-corrected chi connectivity index (χ1v) is 19.9. The molecule has 0 fully saturated rings. The summed E-state index contributed by atoms with van der Waals surface area (Å²) in [5.74, 6) is 0. The van der Waals surface area contributed by atoms with Gasteiger partial charge in [-0.3, -0.25) is 0 Å². The topological polar surface area (TPSA) is 18.0 Å². The van der Waals surface area contributed by atoms with Crippen LogP contribution in [0.1, 0.15) is 0 Å². The molecule has 12 aromatic rings. The van der Waals surface area contributed by atoms with Gasteiger partial charge in [0.25, 0.3) is 0 Å². The minimum absolute atomic E-state index is 1.09. The molecule has 3 heterocycles. The fraction of sp³-hybridized carbons (Fsp3) is 0. The Morgan fingerprint density at radius 3 is 1.12 bits per heavy atom. The van der Waals surface area contributed by atoms with Crippen LogP contribution in [0.5, 0.6) is 0 Å². The van der Waals surface area contributed by atoms with E-state index < -0.39 is 0 Å². The number of hydrogen-bond acceptors (Lipinski definition) is 1. The van der Waals surface area contributed by atoms with Crippen molar-refractivity contribution < 1.29 is 0 Å². The molecule has 0 aliphatic heterocycles. The molecule has 3 aromatic heterocycles. The van der Waals surface area contributed by atoms with Gasteiger partial charge in [-0.2, -0.15) is 0 Å². The highest BCUT2D eigenvalue weighted by Crippen LogP contribution is 2.42. The minimum Gasteiger partial charge on any atom is -0.310 e. The van der Waals surface area contributed by atoms with Crippen LogP contribution in [0.2, 0.25) is 0 Å². The van der Waals surface area contributed by atoms with Crippen molar-refractivity contribution in [3.05, 3.63) is 218 Å². The Hall–Kier alpha value is -7.82. The lowest BCUT2D eigenvalue weighted by molar-refractivity contribution is 1.15. The van der Waals surface area contributed by atoms with Crippen LogP contribution in [0.3, 0.4) is 0 Å². The van der Waals surface area contributed by atoms with E-state index in [9.17, 15) is 0 Å². The summed E-state index contributed by atoms with van der Waals surface area (Å²) in [4.78, 5) is 2.37. The van der Waals surface area contributed by atoms with Gasteiger partial charge in [0, 0.05) is 66.4 Å². The third-order valence-corrected chi connectivity index (χ3v) is 11.8. The van der Waals surface area contributed by atoms with Gasteiger partial charge in [-0.25, -0.2) is 0 Å². The molecule has 0 saturated carbocycles. The number of hydrogen-bond donors (Lipinski definition) is 0. The molecule has 4 nitrogen and oxygen atoms in total. The van der Waals surface area contributed by atoms with Crippen molar-refractivity contribution in [3.63, 3.8) is 0 Å². The summed E-state index contributed by atoms with van der Waals surface area (Å²) >= 11 is 0. The smallest absolute Gasteiger partial charge is 0.0561 e. The van der Waals surface area contributed by atoms with E-state index in [1.165, 1.54) is 59.9 Å². The second-order valence-electron chi connectivity index (χ2n) is 15.0. The maximum atomic E-state index is 2.43. The van der Waals surface area contributed by atoms with E-state index in [1.807, 2.05) is 0 Å². The molecule has 0 aliphatic carbocycles. The van der Waals surface area contributed by atoms with Gasteiger partial charge in [0.1, 0.15) is 0 Å². The van der Waals surface area contributed by atoms with Crippen molar-refractivity contribution in [2.45, 2.75) is 0 Å². The Morgan fingerprint density at radius 1 is 0.224 bits per heavy atom. The van der Waals surface area contributed by atoms with Crippen molar-refractivity contribution in [3.8, 4) is 17.1 Å². The van der Waals surface area contributed by atoms with Crippen LogP contribution in [-0.4, -0.2) is 13.7 Å². The quantitative estimate of drug-likeness (QED) is 0.166. The molecule has 0 atom stereocenters. The summed E-state index contributed by atoms with van der Waals surface area (Å²) in [5.41, 5.74) is 13.8. The van der Waals surface area contributed by atoms with Gasteiger partial charge in [0.2, 0.25) is 0 Å².